The number of likely N-dealkylation sites (tertiary alicyclic amines) is 1. The minimum absolute atomic E-state index is 0.132. The van der Waals surface area contributed by atoms with Crippen LogP contribution in [0.1, 0.15) is 48.8 Å². The lowest BCUT2D eigenvalue weighted by molar-refractivity contribution is -0.147. The number of carboxylic acids is 1. The van der Waals surface area contributed by atoms with Crippen LogP contribution < -0.4 is 0 Å². The molecule has 1 N–H and O–H groups in total. The van der Waals surface area contributed by atoms with Crippen molar-refractivity contribution in [3.63, 3.8) is 0 Å². The first-order valence-electron chi connectivity index (χ1n) is 9.67. The van der Waals surface area contributed by atoms with Gasteiger partial charge >= 0.3 is 5.97 Å². The van der Waals surface area contributed by atoms with Crippen LogP contribution in [0.15, 0.2) is 30.3 Å². The summed E-state index contributed by atoms with van der Waals surface area (Å²) in [7, 11) is 0. The first kappa shape index (κ1) is 17.8. The van der Waals surface area contributed by atoms with Crippen molar-refractivity contribution in [3.05, 3.63) is 41.7 Å². The number of carbonyl (C=O) groups is 2. The second kappa shape index (κ2) is 6.83. The van der Waals surface area contributed by atoms with Crippen LogP contribution in [-0.2, 0) is 17.8 Å². The Labute approximate surface area is 158 Å². The maximum atomic E-state index is 13.2. The number of aromatic nitrogens is 2. The number of fused-ring (bicyclic) bond motifs is 1. The highest BCUT2D eigenvalue weighted by molar-refractivity contribution is 5.95. The summed E-state index contributed by atoms with van der Waals surface area (Å²) in [4.78, 5) is 31.2. The number of imidazole rings is 1. The summed E-state index contributed by atoms with van der Waals surface area (Å²) < 4.78 is 2.20. The standard InChI is InChI=1S/C21H25N3O3/c1-21(20(26)27)11-13-23(14-21)19(25)17-16-10-6-3-7-12-24(16)18(22-17)15-8-4-2-5-9-15/h2,4-5,8-9H,3,6-7,10-14H2,1H3,(H,26,27)/t21-/m1/s1. The quantitative estimate of drug-likeness (QED) is 0.904. The van der Waals surface area contributed by atoms with Crippen LogP contribution in [0.3, 0.4) is 0 Å². The van der Waals surface area contributed by atoms with E-state index in [1.165, 1.54) is 0 Å². The van der Waals surface area contributed by atoms with Crippen LogP contribution in [0.5, 0.6) is 0 Å². The predicted molar refractivity (Wildman–Crippen MR) is 101 cm³/mol. The summed E-state index contributed by atoms with van der Waals surface area (Å²) in [5.41, 5.74) is 1.65. The summed E-state index contributed by atoms with van der Waals surface area (Å²) in [6.45, 7) is 3.29. The molecule has 3 heterocycles. The van der Waals surface area contributed by atoms with E-state index in [0.29, 0.717) is 18.7 Å². The average molecular weight is 367 g/mol. The summed E-state index contributed by atoms with van der Waals surface area (Å²) in [6.07, 6.45) is 4.59. The van der Waals surface area contributed by atoms with Crippen molar-refractivity contribution < 1.29 is 14.7 Å². The van der Waals surface area contributed by atoms with Crippen molar-refractivity contribution in [2.24, 2.45) is 5.41 Å². The Balaban J connectivity index is 1.72. The third-order valence-corrected chi connectivity index (χ3v) is 5.88. The van der Waals surface area contributed by atoms with Gasteiger partial charge in [-0.25, -0.2) is 4.98 Å². The highest BCUT2D eigenvalue weighted by Gasteiger charge is 2.43. The summed E-state index contributed by atoms with van der Waals surface area (Å²) >= 11 is 0. The first-order valence-corrected chi connectivity index (χ1v) is 9.67. The molecule has 0 spiro atoms. The molecular weight excluding hydrogens is 342 g/mol. The van der Waals surface area contributed by atoms with Gasteiger partial charge in [0.15, 0.2) is 0 Å². The number of rotatable bonds is 3. The Kier molecular flexibility index (Phi) is 4.50. The van der Waals surface area contributed by atoms with Gasteiger partial charge in [-0.3, -0.25) is 9.59 Å². The van der Waals surface area contributed by atoms with Crippen molar-refractivity contribution in [1.82, 2.24) is 14.5 Å². The van der Waals surface area contributed by atoms with Gasteiger partial charge in [0.05, 0.1) is 11.1 Å². The average Bonchev–Trinajstić information content (AvgIpc) is 3.16. The second-order valence-corrected chi connectivity index (χ2v) is 7.90. The third-order valence-electron chi connectivity index (χ3n) is 5.88. The summed E-state index contributed by atoms with van der Waals surface area (Å²) in [5, 5.41) is 9.47. The Bertz CT molecular complexity index is 874. The zero-order valence-electron chi connectivity index (χ0n) is 15.6. The van der Waals surface area contributed by atoms with Crippen LogP contribution >= 0.6 is 0 Å². The molecule has 2 aliphatic rings. The Morgan fingerprint density at radius 3 is 2.59 bits per heavy atom. The van der Waals surface area contributed by atoms with Crippen LogP contribution in [0, 0.1) is 5.41 Å². The molecule has 0 saturated carbocycles. The largest absolute Gasteiger partial charge is 0.481 e. The SMILES string of the molecule is C[C@@]1(C(=O)O)CCN(C(=O)c2nc(-c3ccccc3)n3c2CCCCC3)C1. The van der Waals surface area contributed by atoms with Gasteiger partial charge in [-0.2, -0.15) is 0 Å². The van der Waals surface area contributed by atoms with Gasteiger partial charge < -0.3 is 14.6 Å². The number of hydrogen-bond acceptors (Lipinski definition) is 3. The Hall–Kier alpha value is -2.63. The topological polar surface area (TPSA) is 75.4 Å². The number of aliphatic carboxylic acids is 1. The fourth-order valence-electron chi connectivity index (χ4n) is 4.16. The van der Waals surface area contributed by atoms with Gasteiger partial charge in [-0.1, -0.05) is 36.8 Å². The van der Waals surface area contributed by atoms with Crippen molar-refractivity contribution in [3.8, 4) is 11.4 Å². The van der Waals surface area contributed by atoms with E-state index < -0.39 is 11.4 Å². The molecule has 0 unspecified atom stereocenters. The molecule has 1 aromatic heterocycles. The van der Waals surface area contributed by atoms with Crippen molar-refractivity contribution >= 4 is 11.9 Å². The van der Waals surface area contributed by atoms with Gasteiger partial charge in [0.2, 0.25) is 0 Å². The monoisotopic (exact) mass is 367 g/mol. The number of amides is 1. The van der Waals surface area contributed by atoms with E-state index >= 15 is 0 Å². The Morgan fingerprint density at radius 2 is 1.89 bits per heavy atom. The number of benzene rings is 1. The molecule has 1 aromatic carbocycles. The Morgan fingerprint density at radius 1 is 1.11 bits per heavy atom. The van der Waals surface area contributed by atoms with Crippen LogP contribution in [0.25, 0.3) is 11.4 Å². The van der Waals surface area contributed by atoms with E-state index in [2.05, 4.69) is 4.57 Å². The fraction of sp³-hybridized carbons (Fsp3) is 0.476. The lowest BCUT2D eigenvalue weighted by atomic mass is 9.90. The van der Waals surface area contributed by atoms with Gasteiger partial charge in [0.1, 0.15) is 11.5 Å². The molecule has 6 heteroatoms. The van der Waals surface area contributed by atoms with Gasteiger partial charge in [0.25, 0.3) is 5.91 Å². The zero-order valence-corrected chi connectivity index (χ0v) is 15.6. The molecule has 1 amide bonds. The highest BCUT2D eigenvalue weighted by Crippen LogP contribution is 2.33. The minimum Gasteiger partial charge on any atom is -0.481 e. The molecule has 6 nitrogen and oxygen atoms in total. The smallest absolute Gasteiger partial charge is 0.311 e. The minimum atomic E-state index is -0.866. The fourth-order valence-corrected chi connectivity index (χ4v) is 4.16. The van der Waals surface area contributed by atoms with Crippen LogP contribution in [0.4, 0.5) is 0 Å². The van der Waals surface area contributed by atoms with Gasteiger partial charge in [0, 0.05) is 25.2 Å². The highest BCUT2D eigenvalue weighted by atomic mass is 16.4. The molecule has 27 heavy (non-hydrogen) atoms. The van der Waals surface area contributed by atoms with E-state index in [-0.39, 0.29) is 12.5 Å². The number of carbonyl (C=O) groups excluding carboxylic acids is 1. The van der Waals surface area contributed by atoms with Crippen LogP contribution in [-0.4, -0.2) is 44.5 Å². The number of carboxylic acid groups (broad SMARTS) is 1. The maximum Gasteiger partial charge on any atom is 0.311 e. The molecule has 2 aromatic rings. The third kappa shape index (κ3) is 3.13. The maximum absolute atomic E-state index is 13.2. The lowest BCUT2D eigenvalue weighted by Crippen LogP contribution is -2.35. The van der Waals surface area contributed by atoms with Gasteiger partial charge in [-0.15, -0.1) is 0 Å². The molecular formula is C21H25N3O3. The first-order chi connectivity index (χ1) is 13.0. The van der Waals surface area contributed by atoms with E-state index in [4.69, 9.17) is 4.98 Å². The molecule has 0 radical (unpaired) electrons. The van der Waals surface area contributed by atoms with Crippen molar-refractivity contribution in [2.45, 2.75) is 45.6 Å². The molecule has 1 fully saturated rings. The second-order valence-electron chi connectivity index (χ2n) is 7.90. The number of nitrogens with zero attached hydrogens (tertiary/aromatic N) is 3. The summed E-state index contributed by atoms with van der Waals surface area (Å²) in [5.74, 6) is -0.129. The summed E-state index contributed by atoms with van der Waals surface area (Å²) in [6, 6.07) is 9.97. The molecule has 142 valence electrons. The molecule has 2 aliphatic heterocycles. The molecule has 4 rings (SSSR count). The van der Waals surface area contributed by atoms with E-state index in [0.717, 1.165) is 49.3 Å². The predicted octanol–water partition coefficient (Wildman–Crippen LogP) is 3.21. The molecule has 1 saturated heterocycles. The molecule has 0 aliphatic carbocycles. The number of hydrogen-bond donors (Lipinski definition) is 1. The zero-order chi connectivity index (χ0) is 19.0. The van der Waals surface area contributed by atoms with Crippen LogP contribution in [0.2, 0.25) is 0 Å². The van der Waals surface area contributed by atoms with E-state index in [9.17, 15) is 14.7 Å². The van der Waals surface area contributed by atoms with Crippen molar-refractivity contribution in [1.29, 1.82) is 0 Å². The van der Waals surface area contributed by atoms with E-state index in [1.54, 1.807) is 11.8 Å². The van der Waals surface area contributed by atoms with E-state index in [1.807, 2.05) is 30.3 Å². The lowest BCUT2D eigenvalue weighted by Gasteiger charge is -2.20. The van der Waals surface area contributed by atoms with Gasteiger partial charge in [-0.05, 0) is 32.6 Å². The molecule has 1 atom stereocenters. The normalized spacial score (nSPS) is 22.3. The van der Waals surface area contributed by atoms with Crippen molar-refractivity contribution in [2.75, 3.05) is 13.1 Å². The molecule has 0 bridgehead atoms.